The van der Waals surface area contributed by atoms with Crippen LogP contribution in [0, 0.1) is 5.92 Å². The van der Waals surface area contributed by atoms with Gasteiger partial charge >= 0.3 is 5.97 Å². The molecule has 1 saturated heterocycles. The van der Waals surface area contributed by atoms with E-state index in [1.807, 2.05) is 0 Å². The van der Waals surface area contributed by atoms with Crippen LogP contribution in [-0.4, -0.2) is 65.1 Å². The van der Waals surface area contributed by atoms with Gasteiger partial charge in [-0.05, 0) is 75.4 Å². The SMILES string of the molecule is COc1ccc([C@H](CC(=O)O)NC(=O)C2CCN(CCCc3ccc4c(n3)NCCC4)CC2)cn1. The van der Waals surface area contributed by atoms with Gasteiger partial charge in [-0.1, -0.05) is 12.1 Å². The Morgan fingerprint density at radius 2 is 2.09 bits per heavy atom. The normalized spacial score (nSPS) is 17.2. The number of aliphatic carboxylic acids is 1. The number of piperidine rings is 1. The molecule has 0 aliphatic carbocycles. The molecular formula is C26H35N5O4. The molecule has 35 heavy (non-hydrogen) atoms. The minimum atomic E-state index is -0.967. The first-order chi connectivity index (χ1) is 17.0. The number of pyridine rings is 2. The third-order valence-corrected chi connectivity index (χ3v) is 6.88. The van der Waals surface area contributed by atoms with Crippen LogP contribution in [-0.2, 0) is 22.4 Å². The van der Waals surface area contributed by atoms with Crippen molar-refractivity contribution in [3.63, 3.8) is 0 Å². The highest BCUT2D eigenvalue weighted by atomic mass is 16.5. The molecule has 2 aliphatic heterocycles. The molecule has 4 rings (SSSR count). The van der Waals surface area contributed by atoms with Crippen LogP contribution in [0.3, 0.4) is 0 Å². The van der Waals surface area contributed by atoms with E-state index >= 15 is 0 Å². The van der Waals surface area contributed by atoms with Gasteiger partial charge in [0.1, 0.15) is 5.82 Å². The summed E-state index contributed by atoms with van der Waals surface area (Å²) in [5.74, 6) is 0.331. The molecule has 1 fully saturated rings. The number of carbonyl (C=O) groups is 2. The number of carboxylic acid groups (broad SMARTS) is 1. The number of aryl methyl sites for hydroxylation is 2. The summed E-state index contributed by atoms with van der Waals surface area (Å²) >= 11 is 0. The number of anilines is 1. The smallest absolute Gasteiger partial charge is 0.305 e. The Kier molecular flexibility index (Phi) is 8.52. The summed E-state index contributed by atoms with van der Waals surface area (Å²) in [7, 11) is 1.52. The zero-order valence-electron chi connectivity index (χ0n) is 20.3. The van der Waals surface area contributed by atoms with Crippen LogP contribution < -0.4 is 15.4 Å². The molecular weight excluding hydrogens is 446 g/mol. The summed E-state index contributed by atoms with van der Waals surface area (Å²) in [6.45, 7) is 3.72. The van der Waals surface area contributed by atoms with Gasteiger partial charge in [0.05, 0.1) is 19.6 Å². The van der Waals surface area contributed by atoms with E-state index in [1.54, 1.807) is 18.3 Å². The zero-order valence-corrected chi connectivity index (χ0v) is 20.3. The third kappa shape index (κ3) is 6.91. The predicted molar refractivity (Wildman–Crippen MR) is 132 cm³/mol. The Labute approximate surface area is 206 Å². The molecule has 0 spiro atoms. The fourth-order valence-corrected chi connectivity index (χ4v) is 4.85. The van der Waals surface area contributed by atoms with Crippen molar-refractivity contribution < 1.29 is 19.4 Å². The maximum absolute atomic E-state index is 12.9. The van der Waals surface area contributed by atoms with Gasteiger partial charge in [-0.2, -0.15) is 0 Å². The molecule has 1 atom stereocenters. The minimum absolute atomic E-state index is 0.0857. The highest BCUT2D eigenvalue weighted by Gasteiger charge is 2.28. The molecule has 2 aromatic heterocycles. The quantitative estimate of drug-likeness (QED) is 0.474. The topological polar surface area (TPSA) is 117 Å². The lowest BCUT2D eigenvalue weighted by Crippen LogP contribution is -2.42. The van der Waals surface area contributed by atoms with E-state index in [1.165, 1.54) is 19.1 Å². The van der Waals surface area contributed by atoms with E-state index in [0.29, 0.717) is 11.4 Å². The van der Waals surface area contributed by atoms with Crippen LogP contribution in [0.25, 0.3) is 0 Å². The van der Waals surface area contributed by atoms with E-state index in [-0.39, 0.29) is 18.2 Å². The van der Waals surface area contributed by atoms with E-state index in [4.69, 9.17) is 9.72 Å². The first-order valence-electron chi connectivity index (χ1n) is 12.5. The van der Waals surface area contributed by atoms with Gasteiger partial charge in [-0.3, -0.25) is 9.59 Å². The molecule has 9 heteroatoms. The number of likely N-dealkylation sites (tertiary alicyclic amines) is 1. The lowest BCUT2D eigenvalue weighted by atomic mass is 9.94. The maximum Gasteiger partial charge on any atom is 0.305 e. The second kappa shape index (κ2) is 12.0. The average Bonchev–Trinajstić information content (AvgIpc) is 2.88. The third-order valence-electron chi connectivity index (χ3n) is 6.88. The lowest BCUT2D eigenvalue weighted by molar-refractivity contribution is -0.138. The summed E-state index contributed by atoms with van der Waals surface area (Å²) in [4.78, 5) is 35.6. The minimum Gasteiger partial charge on any atom is -0.481 e. The molecule has 0 saturated carbocycles. The van der Waals surface area contributed by atoms with Gasteiger partial charge in [0.25, 0.3) is 0 Å². The van der Waals surface area contributed by atoms with Gasteiger partial charge in [-0.15, -0.1) is 0 Å². The second-order valence-corrected chi connectivity index (χ2v) is 9.35. The number of amides is 1. The van der Waals surface area contributed by atoms with Crippen LogP contribution in [0.1, 0.15) is 55.0 Å². The molecule has 0 unspecified atom stereocenters. The standard InChI is InChI=1S/C26H35N5O4/c1-35-23-9-7-20(17-28-23)22(16-24(32)33)30-26(34)19-10-14-31(15-11-19)13-3-5-21-8-6-18-4-2-12-27-25(18)29-21/h6-9,17,19,22H,2-5,10-16H2,1H3,(H,27,29)(H,30,34)(H,32,33)/t22-/m0/s1. The first-order valence-corrected chi connectivity index (χ1v) is 12.5. The number of carboxylic acids is 1. The number of fused-ring (bicyclic) bond motifs is 1. The Hall–Kier alpha value is -3.20. The number of ether oxygens (including phenoxy) is 1. The summed E-state index contributed by atoms with van der Waals surface area (Å²) in [5.41, 5.74) is 3.10. The van der Waals surface area contributed by atoms with Crippen molar-refractivity contribution in [2.24, 2.45) is 5.92 Å². The molecule has 0 bridgehead atoms. The van der Waals surface area contributed by atoms with Gasteiger partial charge in [0.15, 0.2) is 0 Å². The summed E-state index contributed by atoms with van der Waals surface area (Å²) < 4.78 is 5.07. The van der Waals surface area contributed by atoms with E-state index in [2.05, 4.69) is 32.7 Å². The number of carbonyl (C=O) groups excluding carboxylic acids is 1. The molecule has 9 nitrogen and oxygen atoms in total. The number of methoxy groups -OCH3 is 1. The number of rotatable bonds is 10. The lowest BCUT2D eigenvalue weighted by Gasteiger charge is -2.32. The van der Waals surface area contributed by atoms with Crippen molar-refractivity contribution in [1.82, 2.24) is 20.2 Å². The fraction of sp³-hybridized carbons (Fsp3) is 0.538. The van der Waals surface area contributed by atoms with E-state index < -0.39 is 12.0 Å². The van der Waals surface area contributed by atoms with Crippen LogP contribution in [0.15, 0.2) is 30.5 Å². The zero-order chi connectivity index (χ0) is 24.6. The molecule has 2 aliphatic rings. The van der Waals surface area contributed by atoms with Gasteiger partial charge < -0.3 is 25.4 Å². The van der Waals surface area contributed by atoms with E-state index in [0.717, 1.165) is 69.8 Å². The fourth-order valence-electron chi connectivity index (χ4n) is 4.85. The van der Waals surface area contributed by atoms with Gasteiger partial charge in [0.2, 0.25) is 11.8 Å². The van der Waals surface area contributed by atoms with Crippen LogP contribution in [0.5, 0.6) is 5.88 Å². The van der Waals surface area contributed by atoms with Crippen molar-refractivity contribution >= 4 is 17.7 Å². The largest absolute Gasteiger partial charge is 0.481 e. The Bertz CT molecular complexity index is 1010. The van der Waals surface area contributed by atoms with Crippen molar-refractivity contribution in [3.05, 3.63) is 47.3 Å². The predicted octanol–water partition coefficient (Wildman–Crippen LogP) is 2.82. The Morgan fingerprint density at radius 3 is 2.80 bits per heavy atom. The van der Waals surface area contributed by atoms with Gasteiger partial charge in [0, 0.05) is 30.4 Å². The number of hydrogen-bond acceptors (Lipinski definition) is 7. The molecule has 0 radical (unpaired) electrons. The van der Waals surface area contributed by atoms with Gasteiger partial charge in [-0.25, -0.2) is 9.97 Å². The second-order valence-electron chi connectivity index (χ2n) is 9.35. The summed E-state index contributed by atoms with van der Waals surface area (Å²) in [6, 6.07) is 7.15. The van der Waals surface area contributed by atoms with Crippen molar-refractivity contribution in [2.75, 3.05) is 38.6 Å². The molecule has 4 heterocycles. The maximum atomic E-state index is 12.9. The first kappa shape index (κ1) is 24.9. The molecule has 2 aromatic rings. The van der Waals surface area contributed by atoms with Crippen molar-refractivity contribution in [3.8, 4) is 5.88 Å². The molecule has 0 aromatic carbocycles. The number of aromatic nitrogens is 2. The van der Waals surface area contributed by atoms with Crippen molar-refractivity contribution in [2.45, 2.75) is 51.0 Å². The highest BCUT2D eigenvalue weighted by Crippen LogP contribution is 2.23. The number of nitrogens with zero attached hydrogens (tertiary/aromatic N) is 3. The average molecular weight is 482 g/mol. The van der Waals surface area contributed by atoms with E-state index in [9.17, 15) is 14.7 Å². The molecule has 1 amide bonds. The van der Waals surface area contributed by atoms with Crippen LogP contribution >= 0.6 is 0 Å². The highest BCUT2D eigenvalue weighted by molar-refractivity contribution is 5.80. The Morgan fingerprint density at radius 1 is 1.26 bits per heavy atom. The number of hydrogen-bond donors (Lipinski definition) is 3. The van der Waals surface area contributed by atoms with Crippen LogP contribution in [0.2, 0.25) is 0 Å². The number of nitrogens with one attached hydrogen (secondary N) is 2. The molecule has 3 N–H and O–H groups in total. The Balaban J connectivity index is 1.22. The van der Waals surface area contributed by atoms with Crippen LogP contribution in [0.4, 0.5) is 5.82 Å². The monoisotopic (exact) mass is 481 g/mol. The summed E-state index contributed by atoms with van der Waals surface area (Å²) in [6.07, 6.45) is 7.16. The molecule has 188 valence electrons. The summed E-state index contributed by atoms with van der Waals surface area (Å²) in [5, 5.41) is 15.7. The van der Waals surface area contributed by atoms with Crippen molar-refractivity contribution in [1.29, 1.82) is 0 Å².